The van der Waals surface area contributed by atoms with E-state index in [9.17, 15) is 18.0 Å². The highest BCUT2D eigenvalue weighted by Gasteiger charge is 2.48. The van der Waals surface area contributed by atoms with Crippen molar-refractivity contribution in [3.8, 4) is 0 Å². The van der Waals surface area contributed by atoms with Gasteiger partial charge in [0.05, 0.1) is 12.1 Å². The molecule has 0 aromatic rings. The lowest BCUT2D eigenvalue weighted by atomic mass is 10.00. The predicted octanol–water partition coefficient (Wildman–Crippen LogP) is -0.507. The highest BCUT2D eigenvalue weighted by atomic mass is 32.3. The molecule has 2 aliphatic rings. The maximum absolute atomic E-state index is 12.1. The van der Waals surface area contributed by atoms with Crippen LogP contribution in [0.5, 0.6) is 0 Å². The van der Waals surface area contributed by atoms with Gasteiger partial charge in [0.25, 0.3) is 0 Å². The Hall–Kier alpha value is -1.72. The lowest BCUT2D eigenvalue weighted by Crippen LogP contribution is -2.50. The van der Waals surface area contributed by atoms with E-state index in [1.807, 2.05) is 0 Å². The summed E-state index contributed by atoms with van der Waals surface area (Å²) in [7, 11) is -4.78. The molecule has 0 spiro atoms. The highest BCUT2D eigenvalue weighted by Crippen LogP contribution is 2.30. The summed E-state index contributed by atoms with van der Waals surface area (Å²) < 4.78 is 34.4. The van der Waals surface area contributed by atoms with Gasteiger partial charge in [0, 0.05) is 13.0 Å². The number of nitrogens with one attached hydrogen (secondary N) is 2. The molecule has 118 valence electrons. The zero-order chi connectivity index (χ0) is 15.8. The van der Waals surface area contributed by atoms with E-state index in [4.69, 9.17) is 9.96 Å². The van der Waals surface area contributed by atoms with Crippen LogP contribution in [0.15, 0.2) is 0 Å². The van der Waals surface area contributed by atoms with Gasteiger partial charge in [-0.15, -0.1) is 4.28 Å². The maximum atomic E-state index is 12.1. The minimum Gasteiger partial charge on any atom is -0.313 e. The molecule has 0 aromatic heterocycles. The summed E-state index contributed by atoms with van der Waals surface area (Å²) in [6.45, 7) is 1.81. The number of nitrogens with zero attached hydrogens (tertiary/aromatic N) is 2. The molecular weight excluding hydrogens is 304 g/mol. The van der Waals surface area contributed by atoms with Crippen LogP contribution in [0, 0.1) is 5.41 Å². The SMILES string of the molecule is CCC(=O)NC(=N)C1CCC2CN1C(=O)N2OS(=O)(=O)O. The van der Waals surface area contributed by atoms with Crippen LogP contribution in [0.25, 0.3) is 0 Å². The van der Waals surface area contributed by atoms with Crippen molar-refractivity contribution in [1.29, 1.82) is 5.41 Å². The second kappa shape index (κ2) is 5.58. The molecule has 2 unspecified atom stereocenters. The lowest BCUT2D eigenvalue weighted by molar-refractivity contribution is -0.119. The lowest BCUT2D eigenvalue weighted by Gasteiger charge is -2.30. The molecule has 21 heavy (non-hydrogen) atoms. The van der Waals surface area contributed by atoms with Crippen molar-refractivity contribution in [2.24, 2.45) is 0 Å². The van der Waals surface area contributed by atoms with Crippen molar-refractivity contribution >= 4 is 28.2 Å². The largest absolute Gasteiger partial charge is 0.418 e. The number of carbonyl (C=O) groups is 2. The van der Waals surface area contributed by atoms with E-state index < -0.39 is 28.5 Å². The first kappa shape index (κ1) is 15.7. The van der Waals surface area contributed by atoms with Crippen LogP contribution in [0.4, 0.5) is 4.79 Å². The zero-order valence-corrected chi connectivity index (χ0v) is 12.1. The molecule has 2 aliphatic heterocycles. The second-order valence-electron chi connectivity index (χ2n) is 4.83. The Morgan fingerprint density at radius 2 is 2.19 bits per heavy atom. The van der Waals surface area contributed by atoms with E-state index in [1.54, 1.807) is 6.92 Å². The van der Waals surface area contributed by atoms with Gasteiger partial charge in [-0.2, -0.15) is 13.5 Å². The van der Waals surface area contributed by atoms with E-state index >= 15 is 0 Å². The molecule has 2 rings (SSSR count). The number of amidine groups is 1. The Morgan fingerprint density at radius 1 is 1.52 bits per heavy atom. The van der Waals surface area contributed by atoms with Crippen molar-refractivity contribution in [2.45, 2.75) is 38.3 Å². The third-order valence-corrected chi connectivity index (χ3v) is 3.77. The quantitative estimate of drug-likeness (QED) is 0.362. The number of rotatable bonds is 4. The summed E-state index contributed by atoms with van der Waals surface area (Å²) in [5.74, 6) is -0.442. The molecule has 2 fully saturated rings. The molecule has 2 saturated heterocycles. The molecule has 3 N–H and O–H groups in total. The maximum Gasteiger partial charge on any atom is 0.418 e. The van der Waals surface area contributed by atoms with Crippen LogP contribution in [0.3, 0.4) is 0 Å². The van der Waals surface area contributed by atoms with Crippen molar-refractivity contribution in [2.75, 3.05) is 6.54 Å². The van der Waals surface area contributed by atoms with Gasteiger partial charge < -0.3 is 10.2 Å². The molecule has 0 saturated carbocycles. The summed E-state index contributed by atoms with van der Waals surface area (Å²) in [6, 6.07) is -1.90. The third kappa shape index (κ3) is 3.31. The van der Waals surface area contributed by atoms with Crippen molar-refractivity contribution < 1.29 is 26.8 Å². The Balaban J connectivity index is 2.10. The number of amides is 3. The van der Waals surface area contributed by atoms with E-state index in [0.29, 0.717) is 17.9 Å². The van der Waals surface area contributed by atoms with Crippen LogP contribution in [0.1, 0.15) is 26.2 Å². The molecule has 11 heteroatoms. The average Bonchev–Trinajstić information content (AvgIpc) is 2.62. The Morgan fingerprint density at radius 3 is 2.76 bits per heavy atom. The summed E-state index contributed by atoms with van der Waals surface area (Å²) in [4.78, 5) is 24.6. The number of carbonyl (C=O) groups excluding carboxylic acids is 2. The van der Waals surface area contributed by atoms with E-state index in [-0.39, 0.29) is 24.7 Å². The number of fused-ring (bicyclic) bond motifs is 2. The predicted molar refractivity (Wildman–Crippen MR) is 69.5 cm³/mol. The van der Waals surface area contributed by atoms with Crippen LogP contribution in [-0.4, -0.2) is 59.3 Å². The minimum absolute atomic E-state index is 0.109. The van der Waals surface area contributed by atoms with Gasteiger partial charge in [0.1, 0.15) is 5.84 Å². The van der Waals surface area contributed by atoms with Crippen molar-refractivity contribution in [3.05, 3.63) is 0 Å². The summed E-state index contributed by atoms with van der Waals surface area (Å²) in [5, 5.41) is 10.8. The molecule has 0 aromatic carbocycles. The normalized spacial score (nSPS) is 25.1. The van der Waals surface area contributed by atoms with Crippen LogP contribution < -0.4 is 5.32 Å². The Bertz CT molecular complexity index is 576. The Labute approximate surface area is 121 Å². The first-order valence-corrected chi connectivity index (χ1v) is 7.74. The van der Waals surface area contributed by atoms with E-state index in [1.165, 1.54) is 4.90 Å². The topological polar surface area (TPSA) is 140 Å². The van der Waals surface area contributed by atoms with Crippen molar-refractivity contribution in [3.63, 3.8) is 0 Å². The smallest absolute Gasteiger partial charge is 0.313 e. The van der Waals surface area contributed by atoms with Gasteiger partial charge in [0.15, 0.2) is 0 Å². The van der Waals surface area contributed by atoms with Gasteiger partial charge in [-0.05, 0) is 12.8 Å². The number of urea groups is 1. The standard InChI is InChI=1S/C10H16N4O6S/c1-2-8(15)12-9(11)7-4-3-6-5-13(7)10(16)14(6)20-21(17,18)19/h6-7H,2-5H2,1H3,(H2,11,12,15)(H,17,18,19). The molecule has 2 heterocycles. The molecule has 10 nitrogen and oxygen atoms in total. The van der Waals surface area contributed by atoms with Gasteiger partial charge in [-0.25, -0.2) is 4.79 Å². The molecular formula is C10H16N4O6S. The van der Waals surface area contributed by atoms with Crippen LogP contribution >= 0.6 is 0 Å². The fourth-order valence-corrected chi connectivity index (χ4v) is 2.84. The minimum atomic E-state index is -4.78. The van der Waals surface area contributed by atoms with Crippen LogP contribution in [-0.2, 0) is 19.5 Å². The molecule has 0 radical (unpaired) electrons. The third-order valence-electron chi connectivity index (χ3n) is 3.43. The van der Waals surface area contributed by atoms with Gasteiger partial charge in [-0.1, -0.05) is 6.92 Å². The highest BCUT2D eigenvalue weighted by molar-refractivity contribution is 7.80. The summed E-state index contributed by atoms with van der Waals surface area (Å²) in [6.07, 6.45) is 1.00. The Kier molecular flexibility index (Phi) is 4.16. The molecule has 3 amide bonds. The molecule has 2 bridgehead atoms. The average molecular weight is 320 g/mol. The van der Waals surface area contributed by atoms with Gasteiger partial charge >= 0.3 is 16.4 Å². The summed E-state index contributed by atoms with van der Waals surface area (Å²) >= 11 is 0. The zero-order valence-electron chi connectivity index (χ0n) is 11.3. The first-order valence-electron chi connectivity index (χ1n) is 6.38. The number of hydroxylamine groups is 2. The number of hydrogen-bond donors (Lipinski definition) is 3. The molecule has 0 aliphatic carbocycles. The van der Waals surface area contributed by atoms with Crippen LogP contribution in [0.2, 0.25) is 0 Å². The van der Waals surface area contributed by atoms with Gasteiger partial charge in [0.2, 0.25) is 5.91 Å². The van der Waals surface area contributed by atoms with Gasteiger partial charge in [-0.3, -0.25) is 14.8 Å². The summed E-state index contributed by atoms with van der Waals surface area (Å²) in [5.41, 5.74) is 0. The first-order chi connectivity index (χ1) is 9.73. The fourth-order valence-electron chi connectivity index (χ4n) is 2.45. The van der Waals surface area contributed by atoms with E-state index in [2.05, 4.69) is 9.60 Å². The fraction of sp³-hybridized carbons (Fsp3) is 0.700. The number of hydrogen-bond acceptors (Lipinski definition) is 6. The number of piperidine rings is 1. The second-order valence-corrected chi connectivity index (χ2v) is 5.83. The monoisotopic (exact) mass is 320 g/mol. The molecule has 2 atom stereocenters. The van der Waals surface area contributed by atoms with E-state index in [0.717, 1.165) is 0 Å². The van der Waals surface area contributed by atoms with Crippen molar-refractivity contribution in [1.82, 2.24) is 15.3 Å².